The van der Waals surface area contributed by atoms with Crippen molar-refractivity contribution in [2.24, 2.45) is 11.8 Å². The normalized spacial score (nSPS) is 29.1. The minimum absolute atomic E-state index is 0.191. The Morgan fingerprint density at radius 2 is 1.58 bits per heavy atom. The molecule has 2 atom stereocenters. The molecule has 2 heterocycles. The van der Waals surface area contributed by atoms with Crippen LogP contribution >= 0.6 is 0 Å². The summed E-state index contributed by atoms with van der Waals surface area (Å²) in [5.41, 5.74) is 0.608. The van der Waals surface area contributed by atoms with Crippen LogP contribution in [0.3, 0.4) is 0 Å². The van der Waals surface area contributed by atoms with E-state index in [9.17, 15) is 4.39 Å². The van der Waals surface area contributed by atoms with Crippen LogP contribution in [0, 0.1) is 17.7 Å². The molecule has 5 heteroatoms. The van der Waals surface area contributed by atoms with Gasteiger partial charge in [-0.1, -0.05) is 19.9 Å². The lowest BCUT2D eigenvalue weighted by Gasteiger charge is -2.36. The first-order valence-electron chi connectivity index (χ1n) is 8.99. The van der Waals surface area contributed by atoms with Gasteiger partial charge in [-0.15, -0.1) is 0 Å². The summed E-state index contributed by atoms with van der Waals surface area (Å²) in [6.45, 7) is 14.3. The summed E-state index contributed by atoms with van der Waals surface area (Å²) in [7, 11) is -0.516. The molecule has 0 bridgehead atoms. The molecular formula is C19H29BFNO2. The molecule has 1 aromatic carbocycles. The van der Waals surface area contributed by atoms with Crippen LogP contribution in [-0.4, -0.2) is 31.4 Å². The number of hydrogen-bond donors (Lipinski definition) is 0. The molecule has 3 nitrogen and oxygen atoms in total. The monoisotopic (exact) mass is 333 g/mol. The van der Waals surface area contributed by atoms with Crippen LogP contribution in [0.25, 0.3) is 0 Å². The highest BCUT2D eigenvalue weighted by atomic mass is 19.1. The van der Waals surface area contributed by atoms with Gasteiger partial charge in [0.1, 0.15) is 5.82 Å². The van der Waals surface area contributed by atoms with E-state index in [0.717, 1.165) is 18.6 Å². The van der Waals surface area contributed by atoms with Crippen molar-refractivity contribution in [1.82, 2.24) is 0 Å². The summed E-state index contributed by atoms with van der Waals surface area (Å²) in [4.78, 5) is 2.17. The number of benzene rings is 1. The van der Waals surface area contributed by atoms with Gasteiger partial charge >= 0.3 is 7.12 Å². The molecule has 0 amide bonds. The van der Waals surface area contributed by atoms with Crippen molar-refractivity contribution >= 4 is 18.3 Å². The highest BCUT2D eigenvalue weighted by molar-refractivity contribution is 6.62. The predicted octanol–water partition coefficient (Wildman–Crippen LogP) is 3.61. The molecule has 0 unspecified atom stereocenters. The molecule has 0 aromatic heterocycles. The molecule has 24 heavy (non-hydrogen) atoms. The van der Waals surface area contributed by atoms with Gasteiger partial charge in [0.2, 0.25) is 0 Å². The van der Waals surface area contributed by atoms with E-state index in [1.165, 1.54) is 6.42 Å². The molecule has 2 fully saturated rings. The average molecular weight is 333 g/mol. The Bertz CT molecular complexity index is 593. The first-order valence-corrected chi connectivity index (χ1v) is 8.99. The number of rotatable bonds is 2. The number of nitrogens with zero attached hydrogens (tertiary/aromatic N) is 1. The van der Waals surface area contributed by atoms with Gasteiger partial charge < -0.3 is 14.2 Å². The summed E-state index contributed by atoms with van der Waals surface area (Å²) >= 11 is 0. The van der Waals surface area contributed by atoms with Crippen molar-refractivity contribution in [3.8, 4) is 0 Å². The molecule has 0 radical (unpaired) electrons. The molecule has 0 spiro atoms. The second-order valence-corrected chi connectivity index (χ2v) is 8.65. The van der Waals surface area contributed by atoms with Crippen LogP contribution in [0.1, 0.15) is 48.0 Å². The second-order valence-electron chi connectivity index (χ2n) is 8.65. The quantitative estimate of drug-likeness (QED) is 0.772. The maximum Gasteiger partial charge on any atom is 0.494 e. The maximum absolute atomic E-state index is 14.8. The van der Waals surface area contributed by atoms with E-state index >= 15 is 0 Å². The maximum atomic E-state index is 14.8. The Hall–Kier alpha value is -1.07. The van der Waals surface area contributed by atoms with Crippen LogP contribution < -0.4 is 10.4 Å². The van der Waals surface area contributed by atoms with Crippen molar-refractivity contribution in [2.45, 2.75) is 59.2 Å². The summed E-state index contributed by atoms with van der Waals surface area (Å²) in [5.74, 6) is 0.996. The third-order valence-electron chi connectivity index (χ3n) is 5.71. The van der Waals surface area contributed by atoms with Gasteiger partial charge in [-0.05, 0) is 63.5 Å². The van der Waals surface area contributed by atoms with E-state index in [1.807, 2.05) is 39.8 Å². The van der Waals surface area contributed by atoms with Gasteiger partial charge in [-0.3, -0.25) is 0 Å². The van der Waals surface area contributed by atoms with Crippen molar-refractivity contribution in [3.63, 3.8) is 0 Å². The zero-order valence-electron chi connectivity index (χ0n) is 15.7. The largest absolute Gasteiger partial charge is 0.494 e. The standard InChI is InChI=1S/C19H29BFNO2/c1-13-9-14(2)12-22(11-13)17-8-7-15(10-16(17)21)20-23-18(3,4)19(5,6)24-20/h7-8,10,13-14H,9,11-12H2,1-6H3/t13-,14+. The lowest BCUT2D eigenvalue weighted by molar-refractivity contribution is 0.00578. The minimum atomic E-state index is -0.516. The minimum Gasteiger partial charge on any atom is -0.399 e. The fourth-order valence-electron chi connectivity index (χ4n) is 3.76. The van der Waals surface area contributed by atoms with Crippen molar-refractivity contribution in [1.29, 1.82) is 0 Å². The lowest BCUT2D eigenvalue weighted by Crippen LogP contribution is -2.41. The van der Waals surface area contributed by atoms with Gasteiger partial charge in [0.05, 0.1) is 16.9 Å². The summed E-state index contributed by atoms with van der Waals surface area (Å²) in [6, 6.07) is 5.38. The van der Waals surface area contributed by atoms with Gasteiger partial charge in [0.15, 0.2) is 0 Å². The van der Waals surface area contributed by atoms with Gasteiger partial charge in [0, 0.05) is 13.1 Å². The third kappa shape index (κ3) is 3.21. The van der Waals surface area contributed by atoms with E-state index < -0.39 is 18.3 Å². The SMILES string of the molecule is C[C@@H]1C[C@H](C)CN(c2ccc(B3OC(C)(C)C(C)(C)O3)cc2F)C1. The van der Waals surface area contributed by atoms with Gasteiger partial charge in [-0.25, -0.2) is 4.39 Å². The lowest BCUT2D eigenvalue weighted by atomic mass is 9.79. The van der Waals surface area contributed by atoms with E-state index in [4.69, 9.17) is 9.31 Å². The van der Waals surface area contributed by atoms with Gasteiger partial charge in [-0.2, -0.15) is 0 Å². The Labute approximate surface area is 145 Å². The van der Waals surface area contributed by atoms with E-state index in [2.05, 4.69) is 18.7 Å². The molecule has 132 valence electrons. The van der Waals surface area contributed by atoms with Crippen LogP contribution in [0.4, 0.5) is 10.1 Å². The Morgan fingerprint density at radius 1 is 1.04 bits per heavy atom. The smallest absolute Gasteiger partial charge is 0.399 e. The van der Waals surface area contributed by atoms with Crippen molar-refractivity contribution in [2.75, 3.05) is 18.0 Å². The zero-order chi connectivity index (χ0) is 17.7. The molecule has 1 aromatic rings. The molecular weight excluding hydrogens is 304 g/mol. The number of halogens is 1. The van der Waals surface area contributed by atoms with Crippen LogP contribution in [0.5, 0.6) is 0 Å². The molecule has 2 aliphatic rings. The first-order chi connectivity index (χ1) is 11.1. The number of piperidine rings is 1. The summed E-state index contributed by atoms with van der Waals surface area (Å²) < 4.78 is 26.8. The second kappa shape index (κ2) is 6.03. The summed E-state index contributed by atoms with van der Waals surface area (Å²) in [5, 5.41) is 0. The van der Waals surface area contributed by atoms with Crippen LogP contribution in [-0.2, 0) is 9.31 Å². The predicted molar refractivity (Wildman–Crippen MR) is 97.3 cm³/mol. The number of hydrogen-bond acceptors (Lipinski definition) is 3. The third-order valence-corrected chi connectivity index (χ3v) is 5.71. The van der Waals surface area contributed by atoms with Crippen LogP contribution in [0.15, 0.2) is 18.2 Å². The van der Waals surface area contributed by atoms with E-state index in [0.29, 0.717) is 17.5 Å². The molecule has 2 saturated heterocycles. The molecule has 0 aliphatic carbocycles. The van der Waals surface area contributed by atoms with Crippen molar-refractivity contribution in [3.05, 3.63) is 24.0 Å². The fraction of sp³-hybridized carbons (Fsp3) is 0.684. The first kappa shape index (κ1) is 17.7. The molecule has 2 aliphatic heterocycles. The Morgan fingerprint density at radius 3 is 2.08 bits per heavy atom. The molecule has 0 N–H and O–H groups in total. The van der Waals surface area contributed by atoms with Crippen LogP contribution in [0.2, 0.25) is 0 Å². The fourth-order valence-corrected chi connectivity index (χ4v) is 3.76. The van der Waals surface area contributed by atoms with Crippen molar-refractivity contribution < 1.29 is 13.7 Å². The Balaban J connectivity index is 1.81. The Kier molecular flexibility index (Phi) is 4.46. The number of anilines is 1. The van der Waals surface area contributed by atoms with E-state index in [-0.39, 0.29) is 5.82 Å². The van der Waals surface area contributed by atoms with E-state index in [1.54, 1.807) is 6.07 Å². The molecule has 3 rings (SSSR count). The summed E-state index contributed by atoms with van der Waals surface area (Å²) in [6.07, 6.45) is 1.21. The van der Waals surface area contributed by atoms with Gasteiger partial charge in [0.25, 0.3) is 0 Å². The molecule has 0 saturated carbocycles. The average Bonchev–Trinajstić information content (AvgIpc) is 2.66. The topological polar surface area (TPSA) is 21.7 Å². The highest BCUT2D eigenvalue weighted by Crippen LogP contribution is 2.37. The zero-order valence-corrected chi connectivity index (χ0v) is 15.7. The highest BCUT2D eigenvalue weighted by Gasteiger charge is 2.51.